The summed E-state index contributed by atoms with van der Waals surface area (Å²) in [6.45, 7) is 2.44. The van der Waals surface area contributed by atoms with Gasteiger partial charge in [0.2, 0.25) is 5.91 Å². The van der Waals surface area contributed by atoms with E-state index in [4.69, 9.17) is 4.52 Å². The molecule has 2 aliphatic rings. The lowest BCUT2D eigenvalue weighted by molar-refractivity contribution is -0.116. The van der Waals surface area contributed by atoms with Gasteiger partial charge in [-0.1, -0.05) is 5.16 Å². The normalized spacial score (nSPS) is 18.3. The van der Waals surface area contributed by atoms with Crippen molar-refractivity contribution in [1.29, 1.82) is 0 Å². The molecule has 33 heavy (non-hydrogen) atoms. The van der Waals surface area contributed by atoms with Gasteiger partial charge in [0.25, 0.3) is 0 Å². The minimum absolute atomic E-state index is 0.0512. The summed E-state index contributed by atoms with van der Waals surface area (Å²) >= 11 is 1.29. The molecule has 0 spiro atoms. The Hall–Kier alpha value is -2.30. The van der Waals surface area contributed by atoms with Crippen molar-refractivity contribution in [3.8, 4) is 0 Å². The van der Waals surface area contributed by atoms with Crippen molar-refractivity contribution in [3.05, 3.63) is 40.7 Å². The van der Waals surface area contributed by atoms with Crippen LogP contribution in [-0.2, 0) is 21.1 Å². The number of hydrogen-bond acceptors (Lipinski definition) is 7. The summed E-state index contributed by atoms with van der Waals surface area (Å²) in [6.07, 6.45) is 4.33. The van der Waals surface area contributed by atoms with E-state index in [1.807, 2.05) is 0 Å². The molecule has 0 aliphatic carbocycles. The second-order valence-electron chi connectivity index (χ2n) is 8.80. The second-order valence-corrected chi connectivity index (χ2v) is 12.3. The number of piperidine rings is 1. The predicted octanol–water partition coefficient (Wildman–Crippen LogP) is 4.35. The number of halogens is 1. The summed E-state index contributed by atoms with van der Waals surface area (Å²) in [5.41, 5.74) is 2.02. The molecule has 0 unspecified atom stereocenters. The highest BCUT2D eigenvalue weighted by atomic mass is 32.2. The van der Waals surface area contributed by atoms with E-state index >= 15 is 0 Å². The van der Waals surface area contributed by atoms with Gasteiger partial charge in [-0.3, -0.25) is 4.79 Å². The van der Waals surface area contributed by atoms with Crippen LogP contribution in [-0.4, -0.2) is 49.8 Å². The summed E-state index contributed by atoms with van der Waals surface area (Å²) in [7, 11) is -3.37. The quantitative estimate of drug-likeness (QED) is 0.551. The SMILES string of the molecule is O=C1CCCc2sc(S(=O)(=O)CCCN3CCC(c4noc5cc(F)ccc45)CC3)cc2N1. The molecule has 1 saturated heterocycles. The lowest BCUT2D eigenvalue weighted by Crippen LogP contribution is -2.34. The highest BCUT2D eigenvalue weighted by Gasteiger charge is 2.26. The number of aryl methyl sites for hydroxylation is 1. The lowest BCUT2D eigenvalue weighted by atomic mass is 9.91. The molecular weight excluding hydrogens is 465 g/mol. The number of carbonyl (C=O) groups is 1. The fraction of sp³-hybridized carbons (Fsp3) is 0.478. The molecule has 3 aromatic rings. The van der Waals surface area contributed by atoms with Crippen LogP contribution >= 0.6 is 11.3 Å². The Morgan fingerprint density at radius 1 is 1.21 bits per heavy atom. The van der Waals surface area contributed by atoms with Gasteiger partial charge >= 0.3 is 0 Å². The number of anilines is 1. The van der Waals surface area contributed by atoms with Gasteiger partial charge in [-0.2, -0.15) is 0 Å². The summed E-state index contributed by atoms with van der Waals surface area (Å²) in [5, 5.41) is 7.87. The number of nitrogens with zero attached hydrogens (tertiary/aromatic N) is 2. The average Bonchev–Trinajstić information content (AvgIpc) is 3.34. The Balaban J connectivity index is 1.14. The van der Waals surface area contributed by atoms with Gasteiger partial charge in [0.05, 0.1) is 17.1 Å². The number of amides is 1. The Morgan fingerprint density at radius 3 is 2.85 bits per heavy atom. The number of carbonyl (C=O) groups excluding carboxylic acids is 1. The van der Waals surface area contributed by atoms with E-state index in [1.165, 1.54) is 23.5 Å². The van der Waals surface area contributed by atoms with Crippen LogP contribution in [0.15, 0.2) is 33.0 Å². The summed E-state index contributed by atoms with van der Waals surface area (Å²) in [5.74, 6) is -0.0317. The molecule has 1 aromatic carbocycles. The fourth-order valence-electron chi connectivity index (χ4n) is 4.71. The van der Waals surface area contributed by atoms with Crippen LogP contribution in [0.5, 0.6) is 0 Å². The largest absolute Gasteiger partial charge is 0.356 e. The molecule has 4 heterocycles. The van der Waals surface area contributed by atoms with Gasteiger partial charge in [-0.05, 0) is 69.9 Å². The Kier molecular flexibility index (Phi) is 6.24. The minimum atomic E-state index is -3.37. The van der Waals surface area contributed by atoms with Crippen molar-refractivity contribution in [2.75, 3.05) is 30.7 Å². The molecule has 1 fully saturated rings. The maximum atomic E-state index is 13.4. The lowest BCUT2D eigenvalue weighted by Gasteiger charge is -2.31. The predicted molar refractivity (Wildman–Crippen MR) is 125 cm³/mol. The fourth-order valence-corrected chi connectivity index (χ4v) is 7.66. The first kappa shape index (κ1) is 22.5. The Labute approximate surface area is 195 Å². The van der Waals surface area contributed by atoms with Crippen LogP contribution in [0.3, 0.4) is 0 Å². The van der Waals surface area contributed by atoms with Crippen LogP contribution in [0.1, 0.15) is 48.6 Å². The van der Waals surface area contributed by atoms with Crippen LogP contribution in [0, 0.1) is 5.82 Å². The van der Waals surface area contributed by atoms with E-state index in [0.717, 1.165) is 61.3 Å². The summed E-state index contributed by atoms with van der Waals surface area (Å²) < 4.78 is 44.7. The summed E-state index contributed by atoms with van der Waals surface area (Å²) in [4.78, 5) is 15.0. The number of nitrogens with one attached hydrogen (secondary N) is 1. The maximum Gasteiger partial charge on any atom is 0.224 e. The van der Waals surface area contributed by atoms with Crippen molar-refractivity contribution >= 4 is 43.7 Å². The molecule has 0 atom stereocenters. The van der Waals surface area contributed by atoms with Gasteiger partial charge in [0.1, 0.15) is 10.0 Å². The van der Waals surface area contributed by atoms with Gasteiger partial charge in [-0.25, -0.2) is 12.8 Å². The van der Waals surface area contributed by atoms with E-state index in [2.05, 4.69) is 15.4 Å². The first-order chi connectivity index (χ1) is 15.9. The van der Waals surface area contributed by atoms with Crippen LogP contribution < -0.4 is 5.32 Å². The molecular formula is C23H26FN3O4S2. The van der Waals surface area contributed by atoms with Gasteiger partial charge < -0.3 is 14.7 Å². The van der Waals surface area contributed by atoms with E-state index in [0.29, 0.717) is 28.3 Å². The van der Waals surface area contributed by atoms with E-state index in [9.17, 15) is 17.6 Å². The topological polar surface area (TPSA) is 92.5 Å². The molecule has 10 heteroatoms. The van der Waals surface area contributed by atoms with E-state index < -0.39 is 9.84 Å². The van der Waals surface area contributed by atoms with Crippen molar-refractivity contribution < 1.29 is 22.1 Å². The molecule has 1 N–H and O–H groups in total. The number of rotatable bonds is 6. The number of likely N-dealkylation sites (tertiary alicyclic amines) is 1. The first-order valence-corrected chi connectivity index (χ1v) is 13.8. The second kappa shape index (κ2) is 9.15. The molecule has 2 aromatic heterocycles. The molecule has 1 amide bonds. The van der Waals surface area contributed by atoms with Crippen LogP contribution in [0.2, 0.25) is 0 Å². The maximum absolute atomic E-state index is 13.4. The van der Waals surface area contributed by atoms with Gasteiger partial charge in [0, 0.05) is 28.7 Å². The molecule has 0 bridgehead atoms. The zero-order chi connectivity index (χ0) is 23.0. The average molecular weight is 492 g/mol. The highest BCUT2D eigenvalue weighted by molar-refractivity contribution is 7.93. The Bertz CT molecular complexity index is 1280. The number of fused-ring (bicyclic) bond motifs is 2. The van der Waals surface area contributed by atoms with Crippen LogP contribution in [0.4, 0.5) is 10.1 Å². The first-order valence-electron chi connectivity index (χ1n) is 11.3. The highest BCUT2D eigenvalue weighted by Crippen LogP contribution is 2.35. The number of hydrogen-bond donors (Lipinski definition) is 1. The molecule has 0 saturated carbocycles. The molecule has 0 radical (unpaired) electrons. The third-order valence-corrected chi connectivity index (χ3v) is 10.1. The Morgan fingerprint density at radius 2 is 2.03 bits per heavy atom. The van der Waals surface area contributed by atoms with Gasteiger partial charge in [0.15, 0.2) is 15.4 Å². The molecule has 5 rings (SSSR count). The molecule has 7 nitrogen and oxygen atoms in total. The minimum Gasteiger partial charge on any atom is -0.356 e. The number of aromatic nitrogens is 1. The number of benzene rings is 1. The monoisotopic (exact) mass is 491 g/mol. The summed E-state index contributed by atoms with van der Waals surface area (Å²) in [6, 6.07) is 6.14. The smallest absolute Gasteiger partial charge is 0.224 e. The zero-order valence-corrected chi connectivity index (χ0v) is 19.8. The molecule has 176 valence electrons. The van der Waals surface area contributed by atoms with Crippen molar-refractivity contribution in [3.63, 3.8) is 0 Å². The molecule has 2 aliphatic heterocycles. The number of sulfone groups is 1. The van der Waals surface area contributed by atoms with Gasteiger partial charge in [-0.15, -0.1) is 11.3 Å². The van der Waals surface area contributed by atoms with E-state index in [1.54, 1.807) is 12.1 Å². The van der Waals surface area contributed by atoms with E-state index in [-0.39, 0.29) is 23.4 Å². The van der Waals surface area contributed by atoms with Crippen molar-refractivity contribution in [2.24, 2.45) is 0 Å². The van der Waals surface area contributed by atoms with Crippen molar-refractivity contribution in [2.45, 2.75) is 48.7 Å². The standard InChI is InChI=1S/C23H26FN3O4S2/c24-16-5-6-17-19(13-16)31-26-23(17)15-7-10-27(11-8-15)9-2-12-33(29,30)22-14-18-20(32-22)3-1-4-21(28)25-18/h5-6,13-15H,1-4,7-12H2,(H,25,28). The number of thiophene rings is 1. The third kappa shape index (κ3) is 4.83. The van der Waals surface area contributed by atoms with Crippen molar-refractivity contribution in [1.82, 2.24) is 10.1 Å². The van der Waals surface area contributed by atoms with Crippen LogP contribution in [0.25, 0.3) is 11.0 Å². The zero-order valence-electron chi connectivity index (χ0n) is 18.2. The third-order valence-electron chi connectivity index (χ3n) is 6.50.